The minimum absolute atomic E-state index is 0.514. The van der Waals surface area contributed by atoms with Gasteiger partial charge in [-0.2, -0.15) is 23.5 Å². The standard InChI is InChI=1S/C13H26N2O4S2/c14-10(12(16)17)4-8-20-6-2-1-3-7-21-9-5-11(15)13(18)19/h10-11H,1-9,14-15H2,(H,16,17)(H,18,19). The van der Waals surface area contributed by atoms with Gasteiger partial charge in [-0.15, -0.1) is 0 Å². The molecule has 0 saturated carbocycles. The van der Waals surface area contributed by atoms with E-state index < -0.39 is 24.0 Å². The van der Waals surface area contributed by atoms with Crippen molar-refractivity contribution in [1.29, 1.82) is 0 Å². The molecule has 0 rings (SSSR count). The largest absolute Gasteiger partial charge is 0.480 e. The van der Waals surface area contributed by atoms with Crippen LogP contribution in [0.5, 0.6) is 0 Å². The Morgan fingerprint density at radius 2 is 1.14 bits per heavy atom. The summed E-state index contributed by atoms with van der Waals surface area (Å²) in [4.78, 5) is 21.0. The topological polar surface area (TPSA) is 127 Å². The van der Waals surface area contributed by atoms with Crippen molar-refractivity contribution < 1.29 is 19.8 Å². The van der Waals surface area contributed by atoms with E-state index in [1.165, 1.54) is 0 Å². The molecule has 0 amide bonds. The van der Waals surface area contributed by atoms with Crippen molar-refractivity contribution in [2.75, 3.05) is 23.0 Å². The Balaban J connectivity index is 3.19. The van der Waals surface area contributed by atoms with Crippen LogP contribution in [-0.4, -0.2) is 57.2 Å². The van der Waals surface area contributed by atoms with Crippen LogP contribution in [0.1, 0.15) is 32.1 Å². The lowest BCUT2D eigenvalue weighted by Crippen LogP contribution is -2.30. The van der Waals surface area contributed by atoms with Gasteiger partial charge < -0.3 is 21.7 Å². The first kappa shape index (κ1) is 20.6. The quantitative estimate of drug-likeness (QED) is 0.348. The normalized spacial score (nSPS) is 13.8. The second-order valence-electron chi connectivity index (χ2n) is 4.75. The van der Waals surface area contributed by atoms with Crippen LogP contribution in [0.4, 0.5) is 0 Å². The van der Waals surface area contributed by atoms with Gasteiger partial charge in [-0.25, -0.2) is 0 Å². The van der Waals surface area contributed by atoms with Gasteiger partial charge in [0.25, 0.3) is 0 Å². The van der Waals surface area contributed by atoms with Gasteiger partial charge in [-0.1, -0.05) is 6.42 Å². The van der Waals surface area contributed by atoms with Crippen LogP contribution in [0.2, 0.25) is 0 Å². The van der Waals surface area contributed by atoms with Gasteiger partial charge in [0.2, 0.25) is 0 Å². The molecule has 0 aliphatic carbocycles. The maximum atomic E-state index is 10.5. The highest BCUT2D eigenvalue weighted by Crippen LogP contribution is 2.12. The van der Waals surface area contributed by atoms with Crippen LogP contribution in [-0.2, 0) is 9.59 Å². The average molecular weight is 338 g/mol. The van der Waals surface area contributed by atoms with Gasteiger partial charge >= 0.3 is 11.9 Å². The van der Waals surface area contributed by atoms with Crippen LogP contribution in [0, 0.1) is 0 Å². The Morgan fingerprint density at radius 3 is 1.48 bits per heavy atom. The van der Waals surface area contributed by atoms with Crippen LogP contribution in [0.25, 0.3) is 0 Å². The molecule has 6 nitrogen and oxygen atoms in total. The third-order valence-electron chi connectivity index (χ3n) is 2.86. The van der Waals surface area contributed by atoms with E-state index in [0.29, 0.717) is 12.8 Å². The molecule has 0 aromatic rings. The number of nitrogens with two attached hydrogens (primary N) is 2. The zero-order chi connectivity index (χ0) is 16.1. The number of rotatable bonds is 14. The molecule has 21 heavy (non-hydrogen) atoms. The minimum Gasteiger partial charge on any atom is -0.480 e. The van der Waals surface area contributed by atoms with Gasteiger partial charge in [0.1, 0.15) is 12.1 Å². The summed E-state index contributed by atoms with van der Waals surface area (Å²) in [6, 6.07) is -1.49. The highest BCUT2D eigenvalue weighted by atomic mass is 32.2. The molecule has 0 heterocycles. The molecular weight excluding hydrogens is 312 g/mol. The molecule has 0 bridgehead atoms. The monoisotopic (exact) mass is 338 g/mol. The lowest BCUT2D eigenvalue weighted by atomic mass is 10.2. The molecule has 0 aliphatic rings. The molecule has 0 fully saturated rings. The molecule has 2 atom stereocenters. The predicted molar refractivity (Wildman–Crippen MR) is 89.0 cm³/mol. The van der Waals surface area contributed by atoms with Gasteiger partial charge in [0.05, 0.1) is 0 Å². The maximum absolute atomic E-state index is 10.5. The van der Waals surface area contributed by atoms with E-state index in [0.717, 1.165) is 42.3 Å². The summed E-state index contributed by atoms with van der Waals surface area (Å²) >= 11 is 3.48. The van der Waals surface area contributed by atoms with Crippen LogP contribution in [0.15, 0.2) is 0 Å². The SMILES string of the molecule is NC(CCSCCCCCSCCC(N)C(=O)O)C(=O)O. The van der Waals surface area contributed by atoms with E-state index in [2.05, 4.69) is 0 Å². The number of hydrogen-bond acceptors (Lipinski definition) is 6. The molecule has 0 aromatic heterocycles. The van der Waals surface area contributed by atoms with Gasteiger partial charge in [0.15, 0.2) is 0 Å². The Hall–Kier alpha value is -0.440. The zero-order valence-electron chi connectivity index (χ0n) is 12.2. The number of unbranched alkanes of at least 4 members (excludes halogenated alkanes) is 2. The van der Waals surface area contributed by atoms with E-state index in [1.807, 2.05) is 0 Å². The molecule has 2 unspecified atom stereocenters. The fourth-order valence-electron chi connectivity index (χ4n) is 1.46. The van der Waals surface area contributed by atoms with Crippen molar-refractivity contribution in [3.63, 3.8) is 0 Å². The molecular formula is C13H26N2O4S2. The fraction of sp³-hybridized carbons (Fsp3) is 0.846. The summed E-state index contributed by atoms with van der Waals surface area (Å²) in [6.07, 6.45) is 4.39. The Morgan fingerprint density at radius 1 is 0.762 bits per heavy atom. The smallest absolute Gasteiger partial charge is 0.320 e. The molecule has 0 spiro atoms. The Labute approximate surface area is 134 Å². The molecule has 124 valence electrons. The van der Waals surface area contributed by atoms with Crippen LogP contribution < -0.4 is 11.5 Å². The van der Waals surface area contributed by atoms with E-state index >= 15 is 0 Å². The van der Waals surface area contributed by atoms with E-state index in [9.17, 15) is 9.59 Å². The molecule has 0 aliphatic heterocycles. The lowest BCUT2D eigenvalue weighted by molar-refractivity contribution is -0.139. The lowest BCUT2D eigenvalue weighted by Gasteiger charge is -2.06. The average Bonchev–Trinajstić information content (AvgIpc) is 2.43. The number of hydrogen-bond donors (Lipinski definition) is 4. The number of thioether (sulfide) groups is 2. The Bertz CT molecular complexity index is 278. The van der Waals surface area contributed by atoms with Crippen molar-refractivity contribution >= 4 is 35.5 Å². The van der Waals surface area contributed by atoms with Crippen molar-refractivity contribution in [2.45, 2.75) is 44.2 Å². The number of carboxylic acid groups (broad SMARTS) is 2. The molecule has 0 saturated heterocycles. The van der Waals surface area contributed by atoms with Crippen molar-refractivity contribution in [1.82, 2.24) is 0 Å². The van der Waals surface area contributed by atoms with E-state index in [4.69, 9.17) is 21.7 Å². The van der Waals surface area contributed by atoms with Crippen LogP contribution in [0.3, 0.4) is 0 Å². The fourth-order valence-corrected chi connectivity index (χ4v) is 3.52. The van der Waals surface area contributed by atoms with Crippen LogP contribution >= 0.6 is 23.5 Å². The predicted octanol–water partition coefficient (Wildman–Crippen LogP) is 1.23. The summed E-state index contributed by atoms with van der Waals surface area (Å²) in [5.41, 5.74) is 10.8. The van der Waals surface area contributed by atoms with E-state index in [-0.39, 0.29) is 0 Å². The van der Waals surface area contributed by atoms with Gasteiger partial charge in [0, 0.05) is 0 Å². The highest BCUT2D eigenvalue weighted by Gasteiger charge is 2.10. The summed E-state index contributed by atoms with van der Waals surface area (Å²) in [6.45, 7) is 0. The van der Waals surface area contributed by atoms with Crippen molar-refractivity contribution in [3.8, 4) is 0 Å². The minimum atomic E-state index is -0.935. The number of carboxylic acids is 2. The third kappa shape index (κ3) is 13.0. The molecule has 0 aromatic carbocycles. The van der Waals surface area contributed by atoms with Gasteiger partial charge in [-0.3, -0.25) is 9.59 Å². The van der Waals surface area contributed by atoms with Crippen molar-refractivity contribution in [2.24, 2.45) is 11.5 Å². The first-order valence-corrected chi connectivity index (χ1v) is 9.38. The first-order valence-electron chi connectivity index (χ1n) is 7.07. The summed E-state index contributed by atoms with van der Waals surface area (Å²) in [7, 11) is 0. The van der Waals surface area contributed by atoms with Crippen molar-refractivity contribution in [3.05, 3.63) is 0 Å². The Kier molecular flexibility index (Phi) is 13.0. The third-order valence-corrected chi connectivity index (χ3v) is 5.06. The van der Waals surface area contributed by atoms with Gasteiger partial charge in [-0.05, 0) is 48.7 Å². The zero-order valence-corrected chi connectivity index (χ0v) is 13.8. The first-order chi connectivity index (χ1) is 9.95. The summed E-state index contributed by atoms with van der Waals surface area (Å²) in [5.74, 6) is 1.76. The van der Waals surface area contributed by atoms with E-state index in [1.54, 1.807) is 23.5 Å². The second kappa shape index (κ2) is 13.2. The highest BCUT2D eigenvalue weighted by molar-refractivity contribution is 7.99. The maximum Gasteiger partial charge on any atom is 0.320 e. The number of aliphatic carboxylic acids is 2. The molecule has 6 N–H and O–H groups in total. The second-order valence-corrected chi connectivity index (χ2v) is 7.20. The number of carbonyl (C=O) groups is 2. The summed E-state index contributed by atoms with van der Waals surface area (Å²) < 4.78 is 0. The summed E-state index contributed by atoms with van der Waals surface area (Å²) in [5, 5.41) is 17.2. The molecule has 0 radical (unpaired) electrons. The molecule has 8 heteroatoms.